The summed E-state index contributed by atoms with van der Waals surface area (Å²) in [5.41, 5.74) is 0. The molecule has 0 unspecified atom stereocenters. The summed E-state index contributed by atoms with van der Waals surface area (Å²) in [6.07, 6.45) is 7.79. The smallest absolute Gasteiger partial charge is 0.232 e. The van der Waals surface area contributed by atoms with E-state index in [0.717, 1.165) is 49.5 Å². The van der Waals surface area contributed by atoms with Gasteiger partial charge in [0, 0.05) is 32.2 Å². The normalized spacial score (nSPS) is 18.0. The highest BCUT2D eigenvalue weighted by Crippen LogP contribution is 2.27. The van der Waals surface area contributed by atoms with Gasteiger partial charge >= 0.3 is 0 Å². The minimum atomic E-state index is 0.496. The van der Waals surface area contributed by atoms with Crippen LogP contribution in [0.4, 0.5) is 17.6 Å². The van der Waals surface area contributed by atoms with E-state index in [-0.39, 0.29) is 0 Å². The molecule has 0 bridgehead atoms. The number of furan rings is 1. The van der Waals surface area contributed by atoms with Crippen LogP contribution in [0.15, 0.2) is 28.9 Å². The van der Waals surface area contributed by atoms with Crippen LogP contribution >= 0.6 is 12.2 Å². The van der Waals surface area contributed by atoms with E-state index in [2.05, 4.69) is 33.4 Å². The highest BCUT2D eigenvalue weighted by Gasteiger charge is 2.21. The lowest BCUT2D eigenvalue weighted by atomic mass is 9.99. The molecule has 0 aliphatic carbocycles. The average Bonchev–Trinajstić information content (AvgIpc) is 3.27. The van der Waals surface area contributed by atoms with E-state index in [4.69, 9.17) is 26.6 Å². The second-order valence-corrected chi connectivity index (χ2v) is 8.42. The van der Waals surface area contributed by atoms with Gasteiger partial charge in [0.15, 0.2) is 5.11 Å². The SMILES string of the molecule is CC1CCN(c2cc(N3CCCCC3)nc(NC(=S)NCc3ccco3)n2)CC1. The first-order valence-electron chi connectivity index (χ1n) is 10.6. The average molecular weight is 415 g/mol. The van der Waals surface area contributed by atoms with Gasteiger partial charge in [0.05, 0.1) is 12.8 Å². The van der Waals surface area contributed by atoms with Crippen LogP contribution in [0.3, 0.4) is 0 Å². The quantitative estimate of drug-likeness (QED) is 0.717. The Morgan fingerprint density at radius 1 is 1.10 bits per heavy atom. The maximum absolute atomic E-state index is 5.45. The van der Waals surface area contributed by atoms with Crippen molar-refractivity contribution in [3.8, 4) is 0 Å². The Labute approximate surface area is 177 Å². The molecule has 2 fully saturated rings. The van der Waals surface area contributed by atoms with Crippen LogP contribution in [0, 0.1) is 5.92 Å². The second-order valence-electron chi connectivity index (χ2n) is 8.01. The molecule has 29 heavy (non-hydrogen) atoms. The van der Waals surface area contributed by atoms with Crippen molar-refractivity contribution >= 4 is 34.9 Å². The molecule has 8 heteroatoms. The largest absolute Gasteiger partial charge is 0.467 e. The summed E-state index contributed by atoms with van der Waals surface area (Å²) < 4.78 is 5.35. The molecule has 4 rings (SSSR count). The van der Waals surface area contributed by atoms with E-state index in [1.54, 1.807) is 6.26 Å². The highest BCUT2D eigenvalue weighted by atomic mass is 32.1. The number of piperidine rings is 2. The molecule has 7 nitrogen and oxygen atoms in total. The zero-order valence-corrected chi connectivity index (χ0v) is 17.9. The van der Waals surface area contributed by atoms with Crippen molar-refractivity contribution in [2.75, 3.05) is 41.3 Å². The molecule has 2 aliphatic heterocycles. The van der Waals surface area contributed by atoms with Gasteiger partial charge in [0.2, 0.25) is 5.95 Å². The summed E-state index contributed by atoms with van der Waals surface area (Å²) >= 11 is 5.45. The molecule has 0 atom stereocenters. The van der Waals surface area contributed by atoms with Gasteiger partial charge in [-0.15, -0.1) is 0 Å². The minimum absolute atomic E-state index is 0.496. The van der Waals surface area contributed by atoms with E-state index in [0.29, 0.717) is 17.6 Å². The molecule has 2 aromatic rings. The lowest BCUT2D eigenvalue weighted by molar-refractivity contribution is 0.436. The molecule has 2 saturated heterocycles. The summed E-state index contributed by atoms with van der Waals surface area (Å²) in [6, 6.07) is 5.93. The molecular weight excluding hydrogens is 384 g/mol. The Morgan fingerprint density at radius 3 is 2.45 bits per heavy atom. The first kappa shape index (κ1) is 19.9. The number of anilines is 3. The maximum Gasteiger partial charge on any atom is 0.232 e. The highest BCUT2D eigenvalue weighted by molar-refractivity contribution is 7.80. The summed E-state index contributed by atoms with van der Waals surface area (Å²) in [7, 11) is 0. The van der Waals surface area contributed by atoms with Gasteiger partial charge in [-0.3, -0.25) is 0 Å². The summed E-state index contributed by atoms with van der Waals surface area (Å²) in [4.78, 5) is 14.3. The third-order valence-corrected chi connectivity index (χ3v) is 5.96. The Bertz CT molecular complexity index is 798. The molecule has 0 aromatic carbocycles. The fourth-order valence-corrected chi connectivity index (χ4v) is 4.05. The first-order valence-corrected chi connectivity index (χ1v) is 11.0. The van der Waals surface area contributed by atoms with Crippen LogP contribution in [0.5, 0.6) is 0 Å². The summed E-state index contributed by atoms with van der Waals surface area (Å²) in [5.74, 6) is 4.15. The molecule has 156 valence electrons. The van der Waals surface area contributed by atoms with Crippen molar-refractivity contribution in [3.63, 3.8) is 0 Å². The van der Waals surface area contributed by atoms with Crippen LogP contribution in [-0.2, 0) is 6.54 Å². The number of rotatable bonds is 5. The van der Waals surface area contributed by atoms with Crippen molar-refractivity contribution in [3.05, 3.63) is 30.2 Å². The number of aromatic nitrogens is 2. The molecule has 4 heterocycles. The molecule has 0 spiro atoms. The molecule has 0 radical (unpaired) electrons. The molecule has 0 amide bonds. The predicted octanol–water partition coefficient (Wildman–Crippen LogP) is 3.78. The van der Waals surface area contributed by atoms with E-state index >= 15 is 0 Å². The number of hydrogen-bond donors (Lipinski definition) is 2. The molecule has 0 saturated carbocycles. The number of thiocarbonyl (C=S) groups is 1. The molecule has 2 N–H and O–H groups in total. The Balaban J connectivity index is 1.49. The Hall–Kier alpha value is -2.35. The number of nitrogens with one attached hydrogen (secondary N) is 2. The van der Waals surface area contributed by atoms with Gasteiger partial charge in [-0.25, -0.2) is 0 Å². The Kier molecular flexibility index (Phi) is 6.49. The van der Waals surface area contributed by atoms with Crippen LogP contribution in [0.25, 0.3) is 0 Å². The second kappa shape index (κ2) is 9.43. The van der Waals surface area contributed by atoms with Crippen molar-refractivity contribution in [1.29, 1.82) is 0 Å². The van der Waals surface area contributed by atoms with E-state index in [1.165, 1.54) is 32.1 Å². The van der Waals surface area contributed by atoms with Gasteiger partial charge in [-0.2, -0.15) is 9.97 Å². The minimum Gasteiger partial charge on any atom is -0.467 e. The molecular formula is C21H30N6OS. The van der Waals surface area contributed by atoms with Gasteiger partial charge in [0.25, 0.3) is 0 Å². The Morgan fingerprint density at radius 2 is 1.79 bits per heavy atom. The van der Waals surface area contributed by atoms with E-state index in [9.17, 15) is 0 Å². The predicted molar refractivity (Wildman–Crippen MR) is 120 cm³/mol. The summed E-state index contributed by atoms with van der Waals surface area (Å²) in [6.45, 7) is 7.03. The maximum atomic E-state index is 5.45. The van der Waals surface area contributed by atoms with Crippen LogP contribution in [0.1, 0.15) is 44.8 Å². The van der Waals surface area contributed by atoms with E-state index < -0.39 is 0 Å². The number of hydrogen-bond acceptors (Lipinski definition) is 6. The monoisotopic (exact) mass is 414 g/mol. The van der Waals surface area contributed by atoms with Crippen molar-refractivity contribution in [2.24, 2.45) is 5.92 Å². The van der Waals surface area contributed by atoms with Crippen molar-refractivity contribution in [1.82, 2.24) is 15.3 Å². The standard InChI is InChI=1S/C21H30N6OS/c1-16-7-11-27(12-8-16)19-14-18(26-9-3-2-4-10-26)23-20(24-19)25-21(29)22-15-17-6-5-13-28-17/h5-6,13-14,16H,2-4,7-12,15H2,1H3,(H2,22,23,24,25,29). The zero-order chi connectivity index (χ0) is 20.1. The molecule has 2 aliphatic rings. The van der Waals surface area contributed by atoms with Crippen LogP contribution in [0.2, 0.25) is 0 Å². The van der Waals surface area contributed by atoms with Crippen molar-refractivity contribution < 1.29 is 4.42 Å². The van der Waals surface area contributed by atoms with Gasteiger partial charge in [0.1, 0.15) is 17.4 Å². The first-order chi connectivity index (χ1) is 14.2. The number of nitrogens with zero attached hydrogens (tertiary/aromatic N) is 4. The third-order valence-electron chi connectivity index (χ3n) is 5.72. The summed E-state index contributed by atoms with van der Waals surface area (Å²) in [5, 5.41) is 6.83. The molecule has 2 aromatic heterocycles. The van der Waals surface area contributed by atoms with E-state index in [1.807, 2.05) is 12.1 Å². The van der Waals surface area contributed by atoms with Crippen molar-refractivity contribution in [2.45, 2.75) is 45.6 Å². The van der Waals surface area contributed by atoms with Crippen LogP contribution in [-0.4, -0.2) is 41.3 Å². The zero-order valence-electron chi connectivity index (χ0n) is 17.1. The topological polar surface area (TPSA) is 69.5 Å². The fraction of sp³-hybridized carbons (Fsp3) is 0.571. The lowest BCUT2D eigenvalue weighted by Gasteiger charge is -2.33. The van der Waals surface area contributed by atoms with Gasteiger partial charge < -0.3 is 24.9 Å². The van der Waals surface area contributed by atoms with Gasteiger partial charge in [-0.1, -0.05) is 6.92 Å². The lowest BCUT2D eigenvalue weighted by Crippen LogP contribution is -2.35. The third kappa shape index (κ3) is 5.38. The van der Waals surface area contributed by atoms with Gasteiger partial charge in [-0.05, 0) is 62.4 Å². The fourth-order valence-electron chi connectivity index (χ4n) is 3.89. The van der Waals surface area contributed by atoms with Crippen LogP contribution < -0.4 is 20.4 Å².